The number of hydrogen-bond donors (Lipinski definition) is 0. The zero-order valence-corrected chi connectivity index (χ0v) is 16.1. The largest absolute Gasteiger partial charge is 0.482 e. The first-order chi connectivity index (χ1) is 13.4. The van der Waals surface area contributed by atoms with Gasteiger partial charge in [0.2, 0.25) is 5.91 Å². The SMILES string of the molecule is Cc1ccc(OCC(=O)OCC(=O)c2cccc(N3CCCC3=O)c2)c(C)c1. The number of carbonyl (C=O) groups is 3. The monoisotopic (exact) mass is 381 g/mol. The molecule has 0 saturated carbocycles. The summed E-state index contributed by atoms with van der Waals surface area (Å²) in [5.74, 6) is -0.274. The number of anilines is 1. The van der Waals surface area contributed by atoms with Crippen molar-refractivity contribution in [2.75, 3.05) is 24.7 Å². The van der Waals surface area contributed by atoms with Crippen LogP contribution < -0.4 is 9.64 Å². The maximum atomic E-state index is 12.3. The average Bonchev–Trinajstić information content (AvgIpc) is 3.11. The van der Waals surface area contributed by atoms with Gasteiger partial charge in [-0.2, -0.15) is 0 Å². The van der Waals surface area contributed by atoms with Gasteiger partial charge < -0.3 is 14.4 Å². The van der Waals surface area contributed by atoms with Crippen molar-refractivity contribution in [2.45, 2.75) is 26.7 Å². The summed E-state index contributed by atoms with van der Waals surface area (Å²) in [7, 11) is 0. The summed E-state index contributed by atoms with van der Waals surface area (Å²) in [6.07, 6.45) is 1.34. The fraction of sp³-hybridized carbons (Fsp3) is 0.318. The second-order valence-corrected chi connectivity index (χ2v) is 6.84. The molecule has 3 rings (SSSR count). The maximum absolute atomic E-state index is 12.3. The first-order valence-corrected chi connectivity index (χ1v) is 9.23. The number of benzene rings is 2. The lowest BCUT2D eigenvalue weighted by atomic mass is 10.1. The summed E-state index contributed by atoms with van der Waals surface area (Å²) >= 11 is 0. The Morgan fingerprint density at radius 2 is 1.89 bits per heavy atom. The van der Waals surface area contributed by atoms with E-state index in [2.05, 4.69) is 0 Å². The molecule has 0 aliphatic carbocycles. The normalized spacial score (nSPS) is 13.5. The minimum absolute atomic E-state index is 0.0552. The molecule has 0 spiro atoms. The highest BCUT2D eigenvalue weighted by atomic mass is 16.6. The van der Waals surface area contributed by atoms with Crippen LogP contribution in [0, 0.1) is 13.8 Å². The molecular formula is C22H23NO5. The van der Waals surface area contributed by atoms with Gasteiger partial charge in [-0.3, -0.25) is 9.59 Å². The fourth-order valence-electron chi connectivity index (χ4n) is 3.14. The van der Waals surface area contributed by atoms with Crippen molar-refractivity contribution in [2.24, 2.45) is 0 Å². The molecule has 6 nitrogen and oxygen atoms in total. The average molecular weight is 381 g/mol. The number of carbonyl (C=O) groups excluding carboxylic acids is 3. The minimum Gasteiger partial charge on any atom is -0.482 e. The van der Waals surface area contributed by atoms with E-state index in [9.17, 15) is 14.4 Å². The molecule has 2 aromatic carbocycles. The second-order valence-electron chi connectivity index (χ2n) is 6.84. The predicted octanol–water partition coefficient (Wildman–Crippen LogP) is 3.24. The van der Waals surface area contributed by atoms with E-state index in [4.69, 9.17) is 9.47 Å². The van der Waals surface area contributed by atoms with Gasteiger partial charge in [0.25, 0.3) is 0 Å². The highest BCUT2D eigenvalue weighted by Gasteiger charge is 2.22. The van der Waals surface area contributed by atoms with Gasteiger partial charge in [0.05, 0.1) is 0 Å². The van der Waals surface area contributed by atoms with Crippen LogP contribution in [-0.4, -0.2) is 37.4 Å². The third-order valence-corrected chi connectivity index (χ3v) is 4.59. The Bertz CT molecular complexity index is 906. The van der Waals surface area contributed by atoms with Gasteiger partial charge in [-0.1, -0.05) is 29.8 Å². The highest BCUT2D eigenvalue weighted by Crippen LogP contribution is 2.22. The van der Waals surface area contributed by atoms with E-state index >= 15 is 0 Å². The van der Waals surface area contributed by atoms with Gasteiger partial charge in [-0.25, -0.2) is 4.79 Å². The third-order valence-electron chi connectivity index (χ3n) is 4.59. The lowest BCUT2D eigenvalue weighted by molar-refractivity contribution is -0.144. The zero-order valence-electron chi connectivity index (χ0n) is 16.1. The van der Waals surface area contributed by atoms with Crippen LogP contribution in [0.3, 0.4) is 0 Å². The van der Waals surface area contributed by atoms with Gasteiger partial charge in [0.1, 0.15) is 5.75 Å². The number of nitrogens with zero attached hydrogens (tertiary/aromatic N) is 1. The van der Waals surface area contributed by atoms with Crippen molar-refractivity contribution in [3.05, 3.63) is 59.2 Å². The summed E-state index contributed by atoms with van der Waals surface area (Å²) in [5.41, 5.74) is 3.13. The van der Waals surface area contributed by atoms with Crippen molar-refractivity contribution >= 4 is 23.3 Å². The van der Waals surface area contributed by atoms with Crippen LogP contribution in [0.2, 0.25) is 0 Å². The molecule has 146 valence electrons. The highest BCUT2D eigenvalue weighted by molar-refractivity contribution is 6.01. The molecule has 28 heavy (non-hydrogen) atoms. The van der Waals surface area contributed by atoms with Crippen molar-refractivity contribution in [1.29, 1.82) is 0 Å². The topological polar surface area (TPSA) is 72.9 Å². The molecule has 6 heteroatoms. The molecule has 1 amide bonds. The van der Waals surface area contributed by atoms with E-state index in [-0.39, 0.29) is 24.9 Å². The quantitative estimate of drug-likeness (QED) is 0.544. The van der Waals surface area contributed by atoms with Gasteiger partial charge >= 0.3 is 5.97 Å². The van der Waals surface area contributed by atoms with Crippen LogP contribution in [0.15, 0.2) is 42.5 Å². The molecule has 1 heterocycles. The van der Waals surface area contributed by atoms with Gasteiger partial charge in [-0.15, -0.1) is 0 Å². The Kier molecular flexibility index (Phi) is 6.09. The van der Waals surface area contributed by atoms with E-state index in [0.29, 0.717) is 30.0 Å². The smallest absolute Gasteiger partial charge is 0.344 e. The predicted molar refractivity (Wildman–Crippen MR) is 105 cm³/mol. The standard InChI is InChI=1S/C22H23NO5/c1-15-8-9-20(16(2)11-15)27-14-22(26)28-13-19(24)17-5-3-6-18(12-17)23-10-4-7-21(23)25/h3,5-6,8-9,11-12H,4,7,10,13-14H2,1-2H3. The first kappa shape index (κ1) is 19.6. The molecule has 1 saturated heterocycles. The summed E-state index contributed by atoms with van der Waals surface area (Å²) in [4.78, 5) is 37.8. The number of Topliss-reactive ketones (excluding diaryl/α,β-unsaturated/α-hetero) is 1. The molecule has 2 aromatic rings. The van der Waals surface area contributed by atoms with Gasteiger partial charge in [-0.05, 0) is 44.0 Å². The molecule has 0 unspecified atom stereocenters. The molecule has 1 aliphatic rings. The summed E-state index contributed by atoms with van der Waals surface area (Å²) in [6, 6.07) is 12.5. The molecule has 1 aliphatic heterocycles. The van der Waals surface area contributed by atoms with Crippen molar-refractivity contribution in [3.8, 4) is 5.75 Å². The number of rotatable bonds is 7. The Labute approximate surface area is 164 Å². The van der Waals surface area contributed by atoms with Gasteiger partial charge in [0, 0.05) is 24.2 Å². The van der Waals surface area contributed by atoms with Crippen LogP contribution in [0.4, 0.5) is 5.69 Å². The summed E-state index contributed by atoms with van der Waals surface area (Å²) in [6.45, 7) is 3.90. The number of ether oxygens (including phenoxy) is 2. The van der Waals surface area contributed by atoms with Crippen LogP contribution in [0.5, 0.6) is 5.75 Å². The number of amides is 1. The number of esters is 1. The Balaban J connectivity index is 1.52. The minimum atomic E-state index is -0.612. The number of ketones is 1. The summed E-state index contributed by atoms with van der Waals surface area (Å²) in [5, 5.41) is 0. The van der Waals surface area contributed by atoms with Crippen LogP contribution in [0.25, 0.3) is 0 Å². The van der Waals surface area contributed by atoms with Crippen molar-refractivity contribution in [1.82, 2.24) is 0 Å². The zero-order chi connectivity index (χ0) is 20.1. The molecule has 0 atom stereocenters. The molecule has 0 aromatic heterocycles. The molecule has 0 radical (unpaired) electrons. The van der Waals surface area contributed by atoms with Crippen molar-refractivity contribution < 1.29 is 23.9 Å². The lowest BCUT2D eigenvalue weighted by Crippen LogP contribution is -2.24. The molecule has 1 fully saturated rings. The Morgan fingerprint density at radius 3 is 2.61 bits per heavy atom. The van der Waals surface area contributed by atoms with Crippen LogP contribution in [0.1, 0.15) is 34.3 Å². The number of aryl methyl sites for hydroxylation is 2. The fourth-order valence-corrected chi connectivity index (χ4v) is 3.14. The van der Waals surface area contributed by atoms with E-state index < -0.39 is 5.97 Å². The van der Waals surface area contributed by atoms with Crippen LogP contribution >= 0.6 is 0 Å². The molecule has 0 bridgehead atoms. The van der Waals surface area contributed by atoms with E-state index in [1.54, 1.807) is 35.2 Å². The Morgan fingerprint density at radius 1 is 1.07 bits per heavy atom. The molecule has 0 N–H and O–H groups in total. The van der Waals surface area contributed by atoms with Crippen molar-refractivity contribution in [3.63, 3.8) is 0 Å². The molecular weight excluding hydrogens is 358 g/mol. The van der Waals surface area contributed by atoms with E-state index in [1.165, 1.54) is 0 Å². The third kappa shape index (κ3) is 4.76. The summed E-state index contributed by atoms with van der Waals surface area (Å²) < 4.78 is 10.5. The lowest BCUT2D eigenvalue weighted by Gasteiger charge is -2.16. The Hall–Kier alpha value is -3.15. The first-order valence-electron chi connectivity index (χ1n) is 9.23. The van der Waals surface area contributed by atoms with E-state index in [0.717, 1.165) is 17.5 Å². The maximum Gasteiger partial charge on any atom is 0.344 e. The van der Waals surface area contributed by atoms with E-state index in [1.807, 2.05) is 26.0 Å². The second kappa shape index (κ2) is 8.69. The van der Waals surface area contributed by atoms with Gasteiger partial charge in [0.15, 0.2) is 19.0 Å². The number of hydrogen-bond acceptors (Lipinski definition) is 5. The van der Waals surface area contributed by atoms with Crippen LogP contribution in [-0.2, 0) is 14.3 Å².